The number of rotatable bonds is 9. The average Bonchev–Trinajstić information content (AvgIpc) is 2.57. The van der Waals surface area contributed by atoms with E-state index in [1.807, 2.05) is 24.3 Å². The molecule has 0 aliphatic heterocycles. The fourth-order valence-corrected chi connectivity index (χ4v) is 3.06. The molecule has 2 rings (SSSR count). The van der Waals surface area contributed by atoms with Crippen LogP contribution in [0, 0.1) is 5.92 Å². The molecule has 1 fully saturated rings. The van der Waals surface area contributed by atoms with Crippen molar-refractivity contribution >= 4 is 11.6 Å². The third-order valence-corrected chi connectivity index (χ3v) is 4.35. The minimum Gasteiger partial charge on any atom is -0.383 e. The van der Waals surface area contributed by atoms with E-state index in [-0.39, 0.29) is 12.5 Å². The summed E-state index contributed by atoms with van der Waals surface area (Å²) in [5.74, 6) is 0.713. The lowest BCUT2D eigenvalue weighted by atomic mass is 9.89. The van der Waals surface area contributed by atoms with Crippen LogP contribution in [0.15, 0.2) is 24.3 Å². The molecule has 1 saturated carbocycles. The summed E-state index contributed by atoms with van der Waals surface area (Å²) in [7, 11) is 1.64. The quantitative estimate of drug-likeness (QED) is 0.682. The molecule has 134 valence electrons. The molecule has 2 atom stereocenters. The first-order valence-electron chi connectivity index (χ1n) is 8.87. The highest BCUT2D eigenvalue weighted by Crippen LogP contribution is 2.26. The Morgan fingerprint density at radius 3 is 3.00 bits per heavy atom. The van der Waals surface area contributed by atoms with Crippen molar-refractivity contribution in [3.8, 4) is 0 Å². The standard InChI is InChI=1S/C19H30N2O3/c1-15-5-3-8-18(11-15)24-14-16-6-4-7-17(12-16)21-19(22)13-20-9-10-23-2/h4,6-7,12,15,18,20H,3,5,8-11,13-14H2,1-2H3,(H,21,22). The number of hydrogen-bond acceptors (Lipinski definition) is 4. The SMILES string of the molecule is COCCNCC(=O)Nc1cccc(COC2CCCC(C)C2)c1. The second kappa shape index (κ2) is 10.4. The van der Waals surface area contributed by atoms with Gasteiger partial charge in [-0.1, -0.05) is 31.9 Å². The highest BCUT2D eigenvalue weighted by atomic mass is 16.5. The first-order chi connectivity index (χ1) is 11.7. The summed E-state index contributed by atoms with van der Waals surface area (Å²) in [6, 6.07) is 7.88. The van der Waals surface area contributed by atoms with Crippen molar-refractivity contribution in [3.63, 3.8) is 0 Å². The van der Waals surface area contributed by atoms with Gasteiger partial charge >= 0.3 is 0 Å². The summed E-state index contributed by atoms with van der Waals surface area (Å²) >= 11 is 0. The molecule has 0 heterocycles. The topological polar surface area (TPSA) is 59.6 Å². The van der Waals surface area contributed by atoms with E-state index in [1.54, 1.807) is 7.11 Å². The predicted octanol–water partition coefficient (Wildman–Crippen LogP) is 2.96. The number of nitrogens with one attached hydrogen (secondary N) is 2. The van der Waals surface area contributed by atoms with E-state index in [0.717, 1.165) is 30.0 Å². The van der Waals surface area contributed by atoms with Gasteiger partial charge in [0.1, 0.15) is 0 Å². The number of amides is 1. The molecule has 5 nitrogen and oxygen atoms in total. The Labute approximate surface area is 145 Å². The fourth-order valence-electron chi connectivity index (χ4n) is 3.06. The van der Waals surface area contributed by atoms with Crippen molar-refractivity contribution in [3.05, 3.63) is 29.8 Å². The summed E-state index contributed by atoms with van der Waals surface area (Å²) in [6.45, 7) is 4.45. The molecule has 0 spiro atoms. The molecule has 2 unspecified atom stereocenters. The summed E-state index contributed by atoms with van der Waals surface area (Å²) in [5, 5.41) is 5.94. The third-order valence-electron chi connectivity index (χ3n) is 4.35. The molecule has 1 aliphatic rings. The van der Waals surface area contributed by atoms with Crippen LogP contribution in [0.25, 0.3) is 0 Å². The predicted molar refractivity (Wildman–Crippen MR) is 96.0 cm³/mol. The lowest BCUT2D eigenvalue weighted by molar-refractivity contribution is -0.115. The number of ether oxygens (including phenoxy) is 2. The van der Waals surface area contributed by atoms with Gasteiger partial charge in [-0.2, -0.15) is 0 Å². The second-order valence-electron chi connectivity index (χ2n) is 6.62. The van der Waals surface area contributed by atoms with Gasteiger partial charge < -0.3 is 20.1 Å². The Balaban J connectivity index is 1.75. The summed E-state index contributed by atoms with van der Waals surface area (Å²) in [6.07, 6.45) is 5.27. The number of carbonyl (C=O) groups is 1. The Morgan fingerprint density at radius 1 is 1.33 bits per heavy atom. The summed E-state index contributed by atoms with van der Waals surface area (Å²) < 4.78 is 11.0. The van der Waals surface area contributed by atoms with E-state index in [9.17, 15) is 4.79 Å². The minimum absolute atomic E-state index is 0.0507. The van der Waals surface area contributed by atoms with E-state index < -0.39 is 0 Å². The number of benzene rings is 1. The van der Waals surface area contributed by atoms with Crippen LogP contribution >= 0.6 is 0 Å². The molecule has 24 heavy (non-hydrogen) atoms. The normalized spacial score (nSPS) is 20.8. The van der Waals surface area contributed by atoms with E-state index in [2.05, 4.69) is 17.6 Å². The zero-order valence-electron chi connectivity index (χ0n) is 14.8. The molecule has 1 aromatic carbocycles. The van der Waals surface area contributed by atoms with Gasteiger partial charge in [-0.3, -0.25) is 4.79 Å². The molecule has 5 heteroatoms. The second-order valence-corrected chi connectivity index (χ2v) is 6.62. The van der Waals surface area contributed by atoms with Gasteiger partial charge in [0.15, 0.2) is 0 Å². The van der Waals surface area contributed by atoms with Crippen LogP contribution in [-0.4, -0.2) is 38.8 Å². The monoisotopic (exact) mass is 334 g/mol. The highest BCUT2D eigenvalue weighted by molar-refractivity contribution is 5.92. The molecule has 1 aliphatic carbocycles. The van der Waals surface area contributed by atoms with Crippen LogP contribution in [0.4, 0.5) is 5.69 Å². The highest BCUT2D eigenvalue weighted by Gasteiger charge is 2.19. The average molecular weight is 334 g/mol. The van der Waals surface area contributed by atoms with Gasteiger partial charge in [0.2, 0.25) is 5.91 Å². The first kappa shape index (κ1) is 18.9. The largest absolute Gasteiger partial charge is 0.383 e. The zero-order valence-corrected chi connectivity index (χ0v) is 14.8. The van der Waals surface area contributed by atoms with Crippen LogP contribution in [-0.2, 0) is 20.9 Å². The molecule has 0 radical (unpaired) electrons. The van der Waals surface area contributed by atoms with E-state index in [0.29, 0.717) is 25.9 Å². The lowest BCUT2D eigenvalue weighted by Crippen LogP contribution is -2.30. The van der Waals surface area contributed by atoms with Crippen molar-refractivity contribution in [1.82, 2.24) is 5.32 Å². The number of hydrogen-bond donors (Lipinski definition) is 2. The zero-order chi connectivity index (χ0) is 17.2. The van der Waals surface area contributed by atoms with Crippen LogP contribution < -0.4 is 10.6 Å². The van der Waals surface area contributed by atoms with Gasteiger partial charge in [-0.15, -0.1) is 0 Å². The Morgan fingerprint density at radius 2 is 2.21 bits per heavy atom. The molecule has 1 aromatic rings. The smallest absolute Gasteiger partial charge is 0.238 e. The molecule has 1 amide bonds. The van der Waals surface area contributed by atoms with E-state index in [4.69, 9.17) is 9.47 Å². The van der Waals surface area contributed by atoms with Gasteiger partial charge in [-0.05, 0) is 36.5 Å². The first-order valence-corrected chi connectivity index (χ1v) is 8.87. The maximum Gasteiger partial charge on any atom is 0.238 e. The number of anilines is 1. The van der Waals surface area contributed by atoms with Crippen molar-refractivity contribution in [1.29, 1.82) is 0 Å². The molecular weight excluding hydrogens is 304 g/mol. The van der Waals surface area contributed by atoms with E-state index >= 15 is 0 Å². The van der Waals surface area contributed by atoms with Crippen molar-refractivity contribution in [2.75, 3.05) is 32.1 Å². The van der Waals surface area contributed by atoms with Gasteiger partial charge in [0, 0.05) is 19.3 Å². The number of methoxy groups -OCH3 is 1. The van der Waals surface area contributed by atoms with Gasteiger partial charge in [-0.25, -0.2) is 0 Å². The van der Waals surface area contributed by atoms with Crippen LogP contribution in [0.5, 0.6) is 0 Å². The Hall–Kier alpha value is -1.43. The van der Waals surface area contributed by atoms with Crippen LogP contribution in [0.1, 0.15) is 38.2 Å². The third kappa shape index (κ3) is 6.99. The minimum atomic E-state index is -0.0507. The van der Waals surface area contributed by atoms with Crippen molar-refractivity contribution in [2.45, 2.75) is 45.3 Å². The van der Waals surface area contributed by atoms with Crippen molar-refractivity contribution < 1.29 is 14.3 Å². The molecular formula is C19H30N2O3. The Kier molecular flexibility index (Phi) is 8.22. The number of carbonyl (C=O) groups excluding carboxylic acids is 1. The molecule has 0 bridgehead atoms. The van der Waals surface area contributed by atoms with E-state index in [1.165, 1.54) is 12.8 Å². The molecule has 0 saturated heterocycles. The summed E-state index contributed by atoms with van der Waals surface area (Å²) in [5.41, 5.74) is 1.91. The lowest BCUT2D eigenvalue weighted by Gasteiger charge is -2.26. The maximum atomic E-state index is 11.9. The van der Waals surface area contributed by atoms with Crippen LogP contribution in [0.3, 0.4) is 0 Å². The molecule has 2 N–H and O–H groups in total. The van der Waals surface area contributed by atoms with Crippen molar-refractivity contribution in [2.24, 2.45) is 5.92 Å². The Bertz CT molecular complexity index is 507. The van der Waals surface area contributed by atoms with Crippen LogP contribution in [0.2, 0.25) is 0 Å². The van der Waals surface area contributed by atoms with Gasteiger partial charge in [0.05, 0.1) is 25.9 Å². The van der Waals surface area contributed by atoms with Gasteiger partial charge in [0.25, 0.3) is 0 Å². The fraction of sp³-hybridized carbons (Fsp3) is 0.632. The summed E-state index contributed by atoms with van der Waals surface area (Å²) in [4.78, 5) is 11.9. The maximum absolute atomic E-state index is 11.9. The molecule has 0 aromatic heterocycles.